The Hall–Kier alpha value is -1.47. The molecule has 1 aliphatic rings. The minimum absolute atomic E-state index is 0.0129. The number of carbonyl (C=O) groups is 1. The van der Waals surface area contributed by atoms with Crippen LogP contribution in [0.15, 0.2) is 24.3 Å². The first-order valence-corrected chi connectivity index (χ1v) is 9.11. The summed E-state index contributed by atoms with van der Waals surface area (Å²) in [6, 6.07) is 7.73. The number of halogens is 1. The minimum Gasteiger partial charge on any atom is -0.378 e. The Morgan fingerprint density at radius 2 is 2.25 bits per heavy atom. The van der Waals surface area contributed by atoms with Crippen LogP contribution in [-0.2, 0) is 16.1 Å². The van der Waals surface area contributed by atoms with Crippen LogP contribution in [0.3, 0.4) is 0 Å². The Kier molecular flexibility index (Phi) is 5.84. The van der Waals surface area contributed by atoms with Crippen LogP contribution in [0.25, 0.3) is 11.3 Å². The summed E-state index contributed by atoms with van der Waals surface area (Å²) in [6.07, 6.45) is 0.425. The number of morpholine rings is 1. The highest BCUT2D eigenvalue weighted by Gasteiger charge is 2.17. The lowest BCUT2D eigenvalue weighted by Crippen LogP contribution is -2.44. The highest BCUT2D eigenvalue weighted by Crippen LogP contribution is 2.28. The molecule has 0 spiro atoms. The second kappa shape index (κ2) is 8.07. The molecule has 2 heterocycles. The van der Waals surface area contributed by atoms with E-state index in [9.17, 15) is 4.79 Å². The summed E-state index contributed by atoms with van der Waals surface area (Å²) in [7, 11) is 0. The summed E-state index contributed by atoms with van der Waals surface area (Å²) in [4.78, 5) is 17.8. The molecule has 24 heavy (non-hydrogen) atoms. The fourth-order valence-corrected chi connectivity index (χ4v) is 3.64. The molecule has 1 aliphatic heterocycles. The van der Waals surface area contributed by atoms with Gasteiger partial charge in [-0.2, -0.15) is 0 Å². The lowest BCUT2D eigenvalue weighted by atomic mass is 10.1. The number of thiazole rings is 1. The van der Waals surface area contributed by atoms with Crippen molar-refractivity contribution in [1.29, 1.82) is 0 Å². The van der Waals surface area contributed by atoms with E-state index in [1.807, 2.05) is 31.2 Å². The van der Waals surface area contributed by atoms with Crippen molar-refractivity contribution in [2.75, 3.05) is 19.8 Å². The van der Waals surface area contributed by atoms with E-state index >= 15 is 0 Å². The molecule has 2 aromatic rings. The maximum Gasteiger partial charge on any atom is 0.222 e. The zero-order valence-electron chi connectivity index (χ0n) is 13.5. The second-order valence-electron chi connectivity index (χ2n) is 5.73. The van der Waals surface area contributed by atoms with Crippen LogP contribution >= 0.6 is 22.9 Å². The van der Waals surface area contributed by atoms with Crippen LogP contribution in [-0.4, -0.2) is 36.7 Å². The largest absolute Gasteiger partial charge is 0.378 e. The third-order valence-corrected chi connectivity index (χ3v) is 5.05. The number of hydrogen-bond donors (Lipinski definition) is 2. The van der Waals surface area contributed by atoms with E-state index in [1.54, 1.807) is 11.3 Å². The molecule has 1 aromatic carbocycles. The topological polar surface area (TPSA) is 63.2 Å². The Bertz CT molecular complexity index is 696. The van der Waals surface area contributed by atoms with E-state index in [2.05, 4.69) is 15.6 Å². The van der Waals surface area contributed by atoms with Crippen LogP contribution in [0.1, 0.15) is 16.3 Å². The molecule has 0 aliphatic carbocycles. The van der Waals surface area contributed by atoms with Crippen LogP contribution in [0.4, 0.5) is 0 Å². The van der Waals surface area contributed by atoms with Gasteiger partial charge in [0.1, 0.15) is 5.01 Å². The predicted molar refractivity (Wildman–Crippen MR) is 96.4 cm³/mol. The molecule has 1 aromatic heterocycles. The average molecular weight is 366 g/mol. The first kappa shape index (κ1) is 17.4. The van der Waals surface area contributed by atoms with Gasteiger partial charge in [0.25, 0.3) is 0 Å². The van der Waals surface area contributed by atoms with Gasteiger partial charge in [0.2, 0.25) is 5.91 Å². The molecular formula is C17H20ClN3O2S. The fourth-order valence-electron chi connectivity index (χ4n) is 2.62. The lowest BCUT2D eigenvalue weighted by Gasteiger charge is -2.23. The highest BCUT2D eigenvalue weighted by atomic mass is 35.5. The molecule has 0 radical (unpaired) electrons. The summed E-state index contributed by atoms with van der Waals surface area (Å²) in [5.74, 6) is 0.0129. The number of nitrogens with zero attached hydrogens (tertiary/aromatic N) is 1. The van der Waals surface area contributed by atoms with Crippen molar-refractivity contribution in [2.24, 2.45) is 0 Å². The quantitative estimate of drug-likeness (QED) is 0.855. The van der Waals surface area contributed by atoms with E-state index in [0.29, 0.717) is 31.2 Å². The molecular weight excluding hydrogens is 346 g/mol. The number of aryl methyl sites for hydroxylation is 1. The number of hydrogen-bond acceptors (Lipinski definition) is 5. The summed E-state index contributed by atoms with van der Waals surface area (Å²) in [6.45, 7) is 4.59. The standard InChI is InChI=1S/C17H20ClN3O2S/c1-11-17(12-2-4-13(18)5-3-12)21-16(24-11)9-20-15(22)8-14-10-23-7-6-19-14/h2-5,14,19H,6-10H2,1H3,(H,20,22). The number of nitrogens with one attached hydrogen (secondary N) is 2. The maximum atomic E-state index is 12.0. The SMILES string of the molecule is Cc1sc(CNC(=O)CC2COCCN2)nc1-c1ccc(Cl)cc1. The average Bonchev–Trinajstić information content (AvgIpc) is 2.95. The maximum absolute atomic E-state index is 12.0. The second-order valence-corrected chi connectivity index (χ2v) is 7.45. The van der Waals surface area contributed by atoms with Gasteiger partial charge in [0, 0.05) is 34.5 Å². The molecule has 1 amide bonds. The number of benzene rings is 1. The molecule has 128 valence electrons. The van der Waals surface area contributed by atoms with Crippen LogP contribution < -0.4 is 10.6 Å². The van der Waals surface area contributed by atoms with Gasteiger partial charge in [-0.15, -0.1) is 11.3 Å². The number of rotatable bonds is 5. The summed E-state index contributed by atoms with van der Waals surface area (Å²) in [5.41, 5.74) is 1.98. The van der Waals surface area contributed by atoms with Crippen molar-refractivity contribution in [3.8, 4) is 11.3 Å². The highest BCUT2D eigenvalue weighted by molar-refractivity contribution is 7.12. The molecule has 0 saturated carbocycles. The summed E-state index contributed by atoms with van der Waals surface area (Å²) < 4.78 is 5.36. The Labute approximate surface area is 150 Å². The van der Waals surface area contributed by atoms with E-state index < -0.39 is 0 Å². The number of carbonyl (C=O) groups excluding carboxylic acids is 1. The zero-order valence-corrected chi connectivity index (χ0v) is 15.0. The predicted octanol–water partition coefficient (Wildman–Crippen LogP) is 2.77. The third kappa shape index (κ3) is 4.54. The number of aromatic nitrogens is 1. The Morgan fingerprint density at radius 3 is 2.96 bits per heavy atom. The third-order valence-electron chi connectivity index (χ3n) is 3.83. The summed E-state index contributed by atoms with van der Waals surface area (Å²) in [5, 5.41) is 7.83. The molecule has 3 rings (SSSR count). The number of ether oxygens (including phenoxy) is 1. The van der Waals surface area contributed by atoms with Crippen molar-refractivity contribution < 1.29 is 9.53 Å². The van der Waals surface area contributed by atoms with E-state index in [-0.39, 0.29) is 11.9 Å². The molecule has 7 heteroatoms. The van der Waals surface area contributed by atoms with Crippen LogP contribution in [0.2, 0.25) is 5.02 Å². The fraction of sp³-hybridized carbons (Fsp3) is 0.412. The first-order valence-electron chi connectivity index (χ1n) is 7.92. The molecule has 1 fully saturated rings. The molecule has 1 atom stereocenters. The molecule has 1 saturated heterocycles. The monoisotopic (exact) mass is 365 g/mol. The van der Waals surface area contributed by atoms with Gasteiger partial charge in [0.15, 0.2) is 0 Å². The smallest absolute Gasteiger partial charge is 0.222 e. The van der Waals surface area contributed by atoms with Gasteiger partial charge in [-0.05, 0) is 19.1 Å². The normalized spacial score (nSPS) is 17.7. The molecule has 1 unspecified atom stereocenters. The van der Waals surface area contributed by atoms with Gasteiger partial charge < -0.3 is 15.4 Å². The van der Waals surface area contributed by atoms with Gasteiger partial charge in [0.05, 0.1) is 25.5 Å². The zero-order chi connectivity index (χ0) is 16.9. The van der Waals surface area contributed by atoms with Gasteiger partial charge in [-0.3, -0.25) is 4.79 Å². The van der Waals surface area contributed by atoms with Crippen LogP contribution in [0.5, 0.6) is 0 Å². The van der Waals surface area contributed by atoms with Crippen molar-refractivity contribution in [1.82, 2.24) is 15.6 Å². The van der Waals surface area contributed by atoms with Crippen molar-refractivity contribution in [2.45, 2.75) is 25.9 Å². The van der Waals surface area contributed by atoms with E-state index in [1.165, 1.54) is 0 Å². The van der Waals surface area contributed by atoms with Crippen molar-refractivity contribution >= 4 is 28.8 Å². The van der Waals surface area contributed by atoms with Gasteiger partial charge >= 0.3 is 0 Å². The van der Waals surface area contributed by atoms with Gasteiger partial charge in [-0.1, -0.05) is 23.7 Å². The van der Waals surface area contributed by atoms with Crippen LogP contribution in [0, 0.1) is 6.92 Å². The number of amides is 1. The summed E-state index contributed by atoms with van der Waals surface area (Å²) >= 11 is 7.53. The van der Waals surface area contributed by atoms with Crippen molar-refractivity contribution in [3.63, 3.8) is 0 Å². The molecule has 5 nitrogen and oxygen atoms in total. The minimum atomic E-state index is 0.0129. The van der Waals surface area contributed by atoms with E-state index in [4.69, 9.17) is 16.3 Å². The molecule has 2 N–H and O–H groups in total. The van der Waals surface area contributed by atoms with Gasteiger partial charge in [-0.25, -0.2) is 4.98 Å². The Morgan fingerprint density at radius 1 is 1.46 bits per heavy atom. The molecule has 0 bridgehead atoms. The Balaban J connectivity index is 1.57. The lowest BCUT2D eigenvalue weighted by molar-refractivity contribution is -0.122. The van der Waals surface area contributed by atoms with E-state index in [0.717, 1.165) is 27.7 Å². The first-order chi connectivity index (χ1) is 11.6. The van der Waals surface area contributed by atoms with Crippen molar-refractivity contribution in [3.05, 3.63) is 39.2 Å².